The number of halogens is 2. The van der Waals surface area contributed by atoms with Crippen LogP contribution in [0.2, 0.25) is 0 Å². The van der Waals surface area contributed by atoms with E-state index in [0.29, 0.717) is 32.5 Å². The first-order valence-corrected chi connectivity index (χ1v) is 11.7. The fourth-order valence-corrected chi connectivity index (χ4v) is 4.59. The number of methoxy groups -OCH3 is 1. The maximum atomic E-state index is 13.5. The van der Waals surface area contributed by atoms with Crippen molar-refractivity contribution in [2.75, 3.05) is 26.8 Å². The molecule has 1 N–H and O–H groups in total. The number of hydrogen-bond acceptors (Lipinski definition) is 4. The Balaban J connectivity index is 2.05. The first kappa shape index (κ1) is 26.0. The summed E-state index contributed by atoms with van der Waals surface area (Å²) in [5.41, 5.74) is 0. The van der Waals surface area contributed by atoms with Gasteiger partial charge in [0, 0.05) is 39.0 Å². The molecule has 4 unspecified atom stereocenters. The second-order valence-corrected chi connectivity index (χ2v) is 9.63. The summed E-state index contributed by atoms with van der Waals surface area (Å²) < 4.78 is 38.4. The van der Waals surface area contributed by atoms with Crippen molar-refractivity contribution in [3.63, 3.8) is 0 Å². The molecule has 2 rings (SSSR count). The Kier molecular flexibility index (Phi) is 9.67. The van der Waals surface area contributed by atoms with Crippen LogP contribution in [-0.4, -0.2) is 67.7 Å². The van der Waals surface area contributed by atoms with E-state index in [1.165, 1.54) is 0 Å². The number of hydrogen-bond donors (Lipinski definition) is 1. The Morgan fingerprint density at radius 2 is 1.77 bits per heavy atom. The highest BCUT2D eigenvalue weighted by Crippen LogP contribution is 2.38. The zero-order valence-electron chi connectivity index (χ0n) is 19.7. The molecular formula is C23H40F2N2O4. The molecule has 1 aliphatic heterocycles. The van der Waals surface area contributed by atoms with Gasteiger partial charge in [0.1, 0.15) is 6.04 Å². The number of alkyl halides is 2. The van der Waals surface area contributed by atoms with E-state index in [1.54, 1.807) is 32.8 Å². The van der Waals surface area contributed by atoms with E-state index in [9.17, 15) is 18.4 Å². The van der Waals surface area contributed by atoms with Crippen LogP contribution in [0.1, 0.15) is 66.2 Å². The van der Waals surface area contributed by atoms with Gasteiger partial charge in [0.2, 0.25) is 17.7 Å². The summed E-state index contributed by atoms with van der Waals surface area (Å²) >= 11 is 0. The highest BCUT2D eigenvalue weighted by atomic mass is 19.3. The van der Waals surface area contributed by atoms with E-state index < -0.39 is 18.1 Å². The van der Waals surface area contributed by atoms with Crippen LogP contribution in [0.15, 0.2) is 0 Å². The number of piperidine rings is 1. The van der Waals surface area contributed by atoms with Gasteiger partial charge in [-0.25, -0.2) is 8.78 Å². The summed E-state index contributed by atoms with van der Waals surface area (Å²) in [5.74, 6) is -2.89. The number of nitrogens with one attached hydrogen (secondary N) is 1. The highest BCUT2D eigenvalue weighted by molar-refractivity contribution is 5.88. The average Bonchev–Trinajstić information content (AvgIpc) is 2.71. The first-order chi connectivity index (χ1) is 14.5. The van der Waals surface area contributed by atoms with E-state index in [0.717, 1.165) is 12.8 Å². The van der Waals surface area contributed by atoms with Gasteiger partial charge < -0.3 is 19.7 Å². The van der Waals surface area contributed by atoms with Crippen LogP contribution in [0.25, 0.3) is 0 Å². The number of ether oxygens (including phenoxy) is 2. The van der Waals surface area contributed by atoms with Crippen LogP contribution in [0, 0.1) is 17.8 Å². The largest absolute Gasteiger partial charge is 0.384 e. The zero-order valence-corrected chi connectivity index (χ0v) is 19.7. The topological polar surface area (TPSA) is 67.9 Å². The van der Waals surface area contributed by atoms with Crippen molar-refractivity contribution in [3.05, 3.63) is 0 Å². The van der Waals surface area contributed by atoms with Crippen molar-refractivity contribution >= 4 is 11.8 Å². The Bertz CT molecular complexity index is 590. The Morgan fingerprint density at radius 3 is 2.35 bits per heavy atom. The summed E-state index contributed by atoms with van der Waals surface area (Å²) in [5, 5.41) is 2.88. The molecule has 180 valence electrons. The Morgan fingerprint density at radius 1 is 1.13 bits per heavy atom. The molecule has 0 spiro atoms. The summed E-state index contributed by atoms with van der Waals surface area (Å²) in [4.78, 5) is 27.6. The van der Waals surface area contributed by atoms with E-state index in [2.05, 4.69) is 5.32 Å². The number of rotatable bonds is 9. The normalized spacial score (nSPS) is 25.2. The molecule has 1 heterocycles. The summed E-state index contributed by atoms with van der Waals surface area (Å²) in [6.07, 6.45) is 1.64. The van der Waals surface area contributed by atoms with E-state index in [4.69, 9.17) is 9.47 Å². The minimum absolute atomic E-state index is 0.0275. The second-order valence-electron chi connectivity index (χ2n) is 9.63. The number of nitrogens with zero attached hydrogens (tertiary/aromatic N) is 1. The fraction of sp³-hybridized carbons (Fsp3) is 0.913. The fourth-order valence-electron chi connectivity index (χ4n) is 4.59. The third-order valence-corrected chi connectivity index (χ3v) is 6.65. The molecule has 1 saturated carbocycles. The van der Waals surface area contributed by atoms with Gasteiger partial charge in [0.15, 0.2) is 0 Å². The SMILES string of the molecule is COCC1CCCN(C(=O)C(NC(=O)C(C)C)C(C)OC(C)C2CCC(F)(F)CC2)C1. The van der Waals surface area contributed by atoms with Gasteiger partial charge in [0.05, 0.1) is 18.8 Å². The maximum absolute atomic E-state index is 13.5. The summed E-state index contributed by atoms with van der Waals surface area (Å²) in [6, 6.07) is -0.802. The van der Waals surface area contributed by atoms with Gasteiger partial charge in [0.25, 0.3) is 0 Å². The molecule has 8 heteroatoms. The van der Waals surface area contributed by atoms with Crippen LogP contribution >= 0.6 is 0 Å². The summed E-state index contributed by atoms with van der Waals surface area (Å²) in [6.45, 7) is 9.07. The van der Waals surface area contributed by atoms with Crippen molar-refractivity contribution in [3.8, 4) is 0 Å². The number of carbonyl (C=O) groups is 2. The third-order valence-electron chi connectivity index (χ3n) is 6.65. The standard InChI is InChI=1S/C23H40F2N2O4/c1-15(2)21(28)26-20(22(29)27-12-6-7-18(13-27)14-30-5)17(4)31-16(3)19-8-10-23(24,25)11-9-19/h15-20H,6-14H2,1-5H3,(H,26,28). The van der Waals surface area contributed by atoms with Gasteiger partial charge in [-0.15, -0.1) is 0 Å². The van der Waals surface area contributed by atoms with Crippen LogP contribution in [0.5, 0.6) is 0 Å². The molecule has 2 fully saturated rings. The number of likely N-dealkylation sites (tertiary alicyclic amines) is 1. The molecule has 0 bridgehead atoms. The lowest BCUT2D eigenvalue weighted by atomic mass is 9.83. The van der Waals surface area contributed by atoms with Crippen LogP contribution in [-0.2, 0) is 19.1 Å². The average molecular weight is 447 g/mol. The highest BCUT2D eigenvalue weighted by Gasteiger charge is 2.39. The lowest BCUT2D eigenvalue weighted by molar-refractivity contribution is -0.146. The molecule has 0 aromatic heterocycles. The molecule has 0 aromatic rings. The Hall–Kier alpha value is -1.28. The molecule has 1 aliphatic carbocycles. The van der Waals surface area contributed by atoms with Crippen molar-refractivity contribution < 1.29 is 27.8 Å². The molecule has 4 atom stereocenters. The first-order valence-electron chi connectivity index (χ1n) is 11.7. The monoisotopic (exact) mass is 446 g/mol. The quantitative estimate of drug-likeness (QED) is 0.587. The summed E-state index contributed by atoms with van der Waals surface area (Å²) in [7, 11) is 1.66. The maximum Gasteiger partial charge on any atom is 0.248 e. The van der Waals surface area contributed by atoms with Gasteiger partial charge >= 0.3 is 0 Å². The van der Waals surface area contributed by atoms with Gasteiger partial charge in [-0.3, -0.25) is 9.59 Å². The lowest BCUT2D eigenvalue weighted by Gasteiger charge is -2.38. The molecule has 0 aromatic carbocycles. The molecule has 31 heavy (non-hydrogen) atoms. The van der Waals surface area contributed by atoms with Crippen LogP contribution in [0.4, 0.5) is 8.78 Å². The van der Waals surface area contributed by atoms with Crippen LogP contribution < -0.4 is 5.32 Å². The second kappa shape index (κ2) is 11.5. The number of carbonyl (C=O) groups excluding carboxylic acids is 2. The smallest absolute Gasteiger partial charge is 0.248 e. The van der Waals surface area contributed by atoms with Crippen molar-refractivity contribution in [1.82, 2.24) is 10.2 Å². The van der Waals surface area contributed by atoms with Gasteiger partial charge in [-0.1, -0.05) is 13.8 Å². The van der Waals surface area contributed by atoms with E-state index >= 15 is 0 Å². The minimum atomic E-state index is -2.58. The van der Waals surface area contributed by atoms with Crippen molar-refractivity contribution in [1.29, 1.82) is 0 Å². The predicted octanol–water partition coefficient (Wildman–Crippen LogP) is 3.63. The van der Waals surface area contributed by atoms with Gasteiger partial charge in [-0.05, 0) is 51.4 Å². The van der Waals surface area contributed by atoms with Crippen LogP contribution in [0.3, 0.4) is 0 Å². The Labute approximate surface area is 185 Å². The van der Waals surface area contributed by atoms with E-state index in [-0.39, 0.29) is 48.5 Å². The molecule has 2 amide bonds. The van der Waals surface area contributed by atoms with Gasteiger partial charge in [-0.2, -0.15) is 0 Å². The lowest BCUT2D eigenvalue weighted by Crippen LogP contribution is -2.57. The predicted molar refractivity (Wildman–Crippen MR) is 115 cm³/mol. The van der Waals surface area contributed by atoms with Crippen molar-refractivity contribution in [2.45, 2.75) is 90.4 Å². The molecule has 0 radical (unpaired) electrons. The van der Waals surface area contributed by atoms with E-state index in [1.807, 2.05) is 6.92 Å². The minimum Gasteiger partial charge on any atom is -0.384 e. The third kappa shape index (κ3) is 7.67. The molecule has 1 saturated heterocycles. The number of amides is 2. The molecule has 2 aliphatic rings. The molecule has 6 nitrogen and oxygen atoms in total. The zero-order chi connectivity index (χ0) is 23.2. The van der Waals surface area contributed by atoms with Crippen molar-refractivity contribution in [2.24, 2.45) is 17.8 Å². The molecular weight excluding hydrogens is 406 g/mol.